The van der Waals surface area contributed by atoms with Crippen molar-refractivity contribution in [2.75, 3.05) is 19.0 Å². The van der Waals surface area contributed by atoms with E-state index in [9.17, 15) is 0 Å². The number of halogens is 1. The van der Waals surface area contributed by atoms with E-state index in [1.807, 2.05) is 0 Å². The van der Waals surface area contributed by atoms with Crippen LogP contribution in [-0.2, 0) is 0 Å². The fourth-order valence-electron chi connectivity index (χ4n) is 0.875. The zero-order valence-electron chi connectivity index (χ0n) is 8.54. The summed E-state index contributed by atoms with van der Waals surface area (Å²) in [7, 11) is 1.58. The van der Waals surface area contributed by atoms with Crippen LogP contribution in [-0.4, -0.2) is 23.6 Å². The summed E-state index contributed by atoms with van der Waals surface area (Å²) >= 11 is 3.29. The SMILES string of the molecule is COc1nc(NCC(C)C)ncc1Br. The van der Waals surface area contributed by atoms with Crippen molar-refractivity contribution in [2.45, 2.75) is 13.8 Å². The molecule has 0 radical (unpaired) electrons. The summed E-state index contributed by atoms with van der Waals surface area (Å²) in [5.74, 6) is 1.71. The van der Waals surface area contributed by atoms with E-state index < -0.39 is 0 Å². The second-order valence-electron chi connectivity index (χ2n) is 3.33. The molecule has 14 heavy (non-hydrogen) atoms. The van der Waals surface area contributed by atoms with Crippen LogP contribution >= 0.6 is 15.9 Å². The summed E-state index contributed by atoms with van der Waals surface area (Å²) in [6.45, 7) is 5.11. The highest BCUT2D eigenvalue weighted by atomic mass is 79.9. The molecular formula is C9H14BrN3O. The number of methoxy groups -OCH3 is 1. The number of nitrogens with zero attached hydrogens (tertiary/aromatic N) is 2. The molecule has 1 heterocycles. The van der Waals surface area contributed by atoms with Gasteiger partial charge < -0.3 is 10.1 Å². The van der Waals surface area contributed by atoms with E-state index >= 15 is 0 Å². The predicted molar refractivity (Wildman–Crippen MR) is 59.6 cm³/mol. The third-order valence-electron chi connectivity index (χ3n) is 1.57. The number of ether oxygens (including phenoxy) is 1. The first-order valence-electron chi connectivity index (χ1n) is 4.44. The van der Waals surface area contributed by atoms with Gasteiger partial charge in [-0.15, -0.1) is 0 Å². The minimum atomic E-state index is 0.547. The third kappa shape index (κ3) is 3.14. The Labute approximate surface area is 92.2 Å². The molecule has 0 unspecified atom stereocenters. The molecular weight excluding hydrogens is 246 g/mol. The van der Waals surface area contributed by atoms with Gasteiger partial charge in [0.1, 0.15) is 0 Å². The Morgan fingerprint density at radius 1 is 1.57 bits per heavy atom. The number of aromatic nitrogens is 2. The van der Waals surface area contributed by atoms with Crippen molar-refractivity contribution in [3.05, 3.63) is 10.7 Å². The lowest BCUT2D eigenvalue weighted by Crippen LogP contribution is -2.10. The summed E-state index contributed by atoms with van der Waals surface area (Å²) in [4.78, 5) is 8.28. The van der Waals surface area contributed by atoms with Crippen LogP contribution in [0.25, 0.3) is 0 Å². The van der Waals surface area contributed by atoms with E-state index in [-0.39, 0.29) is 0 Å². The Balaban J connectivity index is 2.69. The van der Waals surface area contributed by atoms with Crippen molar-refractivity contribution in [2.24, 2.45) is 5.92 Å². The maximum Gasteiger partial charge on any atom is 0.232 e. The van der Waals surface area contributed by atoms with Gasteiger partial charge in [0.15, 0.2) is 0 Å². The fourth-order valence-corrected chi connectivity index (χ4v) is 1.23. The Morgan fingerprint density at radius 3 is 2.86 bits per heavy atom. The van der Waals surface area contributed by atoms with Gasteiger partial charge in [-0.2, -0.15) is 4.98 Å². The van der Waals surface area contributed by atoms with E-state index in [4.69, 9.17) is 4.74 Å². The first-order valence-corrected chi connectivity index (χ1v) is 5.23. The van der Waals surface area contributed by atoms with Crippen LogP contribution in [0.1, 0.15) is 13.8 Å². The summed E-state index contributed by atoms with van der Waals surface area (Å²) in [6, 6.07) is 0. The number of hydrogen-bond acceptors (Lipinski definition) is 4. The van der Waals surface area contributed by atoms with E-state index in [1.54, 1.807) is 13.3 Å². The molecule has 0 atom stereocenters. The fraction of sp³-hybridized carbons (Fsp3) is 0.556. The number of hydrogen-bond donors (Lipinski definition) is 1. The van der Waals surface area contributed by atoms with Gasteiger partial charge in [0.25, 0.3) is 0 Å². The van der Waals surface area contributed by atoms with Crippen LogP contribution in [0, 0.1) is 5.92 Å². The first kappa shape index (κ1) is 11.2. The van der Waals surface area contributed by atoms with Crippen LogP contribution < -0.4 is 10.1 Å². The van der Waals surface area contributed by atoms with E-state index in [2.05, 4.69) is 45.1 Å². The molecule has 0 fully saturated rings. The molecule has 0 aliphatic carbocycles. The van der Waals surface area contributed by atoms with Crippen molar-refractivity contribution < 1.29 is 4.74 Å². The molecule has 0 saturated heterocycles. The van der Waals surface area contributed by atoms with Gasteiger partial charge in [0, 0.05) is 6.54 Å². The molecule has 0 aliphatic rings. The highest BCUT2D eigenvalue weighted by Crippen LogP contribution is 2.21. The maximum absolute atomic E-state index is 5.05. The van der Waals surface area contributed by atoms with Crippen molar-refractivity contribution in [1.29, 1.82) is 0 Å². The average molecular weight is 260 g/mol. The van der Waals surface area contributed by atoms with E-state index in [1.165, 1.54) is 0 Å². The second-order valence-corrected chi connectivity index (χ2v) is 4.18. The van der Waals surface area contributed by atoms with Crippen LogP contribution in [0.5, 0.6) is 5.88 Å². The van der Waals surface area contributed by atoms with Crippen LogP contribution in [0.4, 0.5) is 5.95 Å². The Bertz CT molecular complexity index is 304. The topological polar surface area (TPSA) is 47.0 Å². The van der Waals surface area contributed by atoms with Gasteiger partial charge in [0.2, 0.25) is 11.8 Å². The van der Waals surface area contributed by atoms with Gasteiger partial charge in [0.05, 0.1) is 17.8 Å². The molecule has 1 aromatic heterocycles. The molecule has 0 bridgehead atoms. The normalized spacial score (nSPS) is 10.4. The predicted octanol–water partition coefficient (Wildman–Crippen LogP) is 2.32. The summed E-state index contributed by atoms with van der Waals surface area (Å²) in [5.41, 5.74) is 0. The highest BCUT2D eigenvalue weighted by Gasteiger charge is 2.04. The molecule has 0 amide bonds. The molecule has 0 aromatic carbocycles. The van der Waals surface area contributed by atoms with Crippen molar-refractivity contribution >= 4 is 21.9 Å². The quantitative estimate of drug-likeness (QED) is 0.902. The molecule has 1 rings (SSSR count). The molecule has 0 aliphatic heterocycles. The van der Waals surface area contributed by atoms with E-state index in [0.717, 1.165) is 11.0 Å². The Hall–Kier alpha value is -0.840. The van der Waals surface area contributed by atoms with Crippen LogP contribution in [0.2, 0.25) is 0 Å². The number of rotatable bonds is 4. The number of nitrogens with one attached hydrogen (secondary N) is 1. The van der Waals surface area contributed by atoms with Crippen molar-refractivity contribution in [1.82, 2.24) is 9.97 Å². The monoisotopic (exact) mass is 259 g/mol. The highest BCUT2D eigenvalue weighted by molar-refractivity contribution is 9.10. The lowest BCUT2D eigenvalue weighted by Gasteiger charge is -2.08. The largest absolute Gasteiger partial charge is 0.480 e. The van der Waals surface area contributed by atoms with Crippen LogP contribution in [0.3, 0.4) is 0 Å². The van der Waals surface area contributed by atoms with Gasteiger partial charge in [-0.3, -0.25) is 0 Å². The van der Waals surface area contributed by atoms with Crippen molar-refractivity contribution in [3.63, 3.8) is 0 Å². The maximum atomic E-state index is 5.05. The second kappa shape index (κ2) is 5.14. The van der Waals surface area contributed by atoms with Crippen LogP contribution in [0.15, 0.2) is 10.7 Å². The summed E-state index contributed by atoms with van der Waals surface area (Å²) < 4.78 is 5.81. The first-order chi connectivity index (χ1) is 6.63. The van der Waals surface area contributed by atoms with Crippen molar-refractivity contribution in [3.8, 4) is 5.88 Å². The summed E-state index contributed by atoms with van der Waals surface area (Å²) in [5, 5.41) is 3.12. The Morgan fingerprint density at radius 2 is 2.29 bits per heavy atom. The molecule has 0 saturated carbocycles. The van der Waals surface area contributed by atoms with Gasteiger partial charge in [-0.05, 0) is 21.8 Å². The Kier molecular flexibility index (Phi) is 4.13. The lowest BCUT2D eigenvalue weighted by atomic mass is 10.2. The molecule has 4 nitrogen and oxygen atoms in total. The zero-order chi connectivity index (χ0) is 10.6. The molecule has 78 valence electrons. The zero-order valence-corrected chi connectivity index (χ0v) is 10.1. The van der Waals surface area contributed by atoms with Gasteiger partial charge in [-0.25, -0.2) is 4.98 Å². The third-order valence-corrected chi connectivity index (χ3v) is 2.12. The van der Waals surface area contributed by atoms with Gasteiger partial charge in [-0.1, -0.05) is 13.8 Å². The molecule has 1 aromatic rings. The standard InChI is InChI=1S/C9H14BrN3O/c1-6(2)4-11-9-12-5-7(10)8(13-9)14-3/h5-6H,4H2,1-3H3,(H,11,12,13). The minimum absolute atomic E-state index is 0.547. The average Bonchev–Trinajstić information content (AvgIpc) is 2.16. The molecule has 0 spiro atoms. The lowest BCUT2D eigenvalue weighted by molar-refractivity contribution is 0.394. The number of anilines is 1. The smallest absolute Gasteiger partial charge is 0.232 e. The minimum Gasteiger partial charge on any atom is -0.480 e. The summed E-state index contributed by atoms with van der Waals surface area (Å²) in [6.07, 6.45) is 1.68. The van der Waals surface area contributed by atoms with Gasteiger partial charge >= 0.3 is 0 Å². The molecule has 5 heteroatoms. The molecule has 1 N–H and O–H groups in total. The van der Waals surface area contributed by atoms with E-state index in [0.29, 0.717) is 17.7 Å².